The number of aryl methyl sites for hydroxylation is 1. The number of thiazole rings is 1. The third kappa shape index (κ3) is 3.80. The Morgan fingerprint density at radius 3 is 2.86 bits per heavy atom. The topological polar surface area (TPSA) is 66.9 Å². The fourth-order valence-corrected chi connectivity index (χ4v) is 3.98. The number of aromatic nitrogens is 1. The van der Waals surface area contributed by atoms with Gasteiger partial charge in [-0.2, -0.15) is 0 Å². The smallest absolute Gasteiger partial charge is 0.311 e. The molecular weight excluding hydrogens is 378 g/mol. The molecule has 0 amide bonds. The van der Waals surface area contributed by atoms with Crippen LogP contribution in [0.1, 0.15) is 16.1 Å². The molecule has 0 bridgehead atoms. The lowest BCUT2D eigenvalue weighted by atomic mass is 10.2. The number of hydrogen-bond donors (Lipinski definition) is 0. The lowest BCUT2D eigenvalue weighted by Crippen LogP contribution is -2.07. The Labute approximate surface area is 166 Å². The molecule has 1 aliphatic heterocycles. The van der Waals surface area contributed by atoms with E-state index < -0.39 is 0 Å². The van der Waals surface area contributed by atoms with Gasteiger partial charge in [-0.3, -0.25) is 4.79 Å². The fourth-order valence-electron chi connectivity index (χ4n) is 2.91. The number of carbonyl (C=O) groups is 1. The number of para-hydroxylation sites is 1. The minimum atomic E-state index is -0.295. The summed E-state index contributed by atoms with van der Waals surface area (Å²) in [5.41, 5.74) is 2.59. The number of esters is 1. The molecule has 0 aliphatic carbocycles. The predicted molar refractivity (Wildman–Crippen MR) is 105 cm³/mol. The van der Waals surface area contributed by atoms with E-state index in [4.69, 9.17) is 18.9 Å². The van der Waals surface area contributed by atoms with Gasteiger partial charge in [0.05, 0.1) is 24.8 Å². The molecule has 0 N–H and O–H groups in total. The standard InChI is InChI=1S/C21H19NO5S/c1-13-19(28-21(22-13)15-5-3-4-6-16(15)24-2)10-20(23)25-11-14-7-8-17-18(9-14)27-12-26-17/h3-9H,10-12H2,1-2H3. The number of ether oxygens (including phenoxy) is 4. The van der Waals surface area contributed by atoms with Gasteiger partial charge in [-0.05, 0) is 36.8 Å². The van der Waals surface area contributed by atoms with Crippen LogP contribution in [0.25, 0.3) is 10.6 Å². The van der Waals surface area contributed by atoms with E-state index in [9.17, 15) is 4.79 Å². The summed E-state index contributed by atoms with van der Waals surface area (Å²) in [7, 11) is 1.63. The van der Waals surface area contributed by atoms with Crippen LogP contribution in [0, 0.1) is 6.92 Å². The summed E-state index contributed by atoms with van der Waals surface area (Å²) in [6.45, 7) is 2.31. The zero-order valence-electron chi connectivity index (χ0n) is 15.6. The molecule has 0 atom stereocenters. The van der Waals surface area contributed by atoms with Gasteiger partial charge >= 0.3 is 5.97 Å². The monoisotopic (exact) mass is 397 g/mol. The zero-order chi connectivity index (χ0) is 19.5. The highest BCUT2D eigenvalue weighted by molar-refractivity contribution is 7.15. The molecule has 0 unspecified atom stereocenters. The number of methoxy groups -OCH3 is 1. The number of fused-ring (bicyclic) bond motifs is 1. The van der Waals surface area contributed by atoms with Crippen molar-refractivity contribution < 1.29 is 23.7 Å². The Kier molecular flexibility index (Phi) is 5.16. The molecule has 7 heteroatoms. The van der Waals surface area contributed by atoms with Gasteiger partial charge in [0.15, 0.2) is 11.5 Å². The molecule has 0 saturated heterocycles. The van der Waals surface area contributed by atoms with Gasteiger partial charge in [0, 0.05) is 4.88 Å². The Hall–Kier alpha value is -3.06. The van der Waals surface area contributed by atoms with E-state index in [1.807, 2.05) is 49.4 Å². The van der Waals surface area contributed by atoms with Crippen molar-refractivity contribution in [2.75, 3.05) is 13.9 Å². The number of carbonyl (C=O) groups excluding carboxylic acids is 1. The van der Waals surface area contributed by atoms with Crippen molar-refractivity contribution in [3.8, 4) is 27.8 Å². The van der Waals surface area contributed by atoms with Crippen LogP contribution in [-0.2, 0) is 22.6 Å². The molecule has 2 aromatic carbocycles. The van der Waals surface area contributed by atoms with Crippen molar-refractivity contribution in [1.82, 2.24) is 4.98 Å². The molecule has 1 aromatic heterocycles. The number of rotatable bonds is 6. The predicted octanol–water partition coefficient (Wildman–Crippen LogP) is 4.14. The second-order valence-electron chi connectivity index (χ2n) is 6.25. The van der Waals surface area contributed by atoms with Gasteiger partial charge in [0.2, 0.25) is 6.79 Å². The van der Waals surface area contributed by atoms with E-state index in [0.717, 1.165) is 32.5 Å². The van der Waals surface area contributed by atoms with Crippen molar-refractivity contribution in [2.45, 2.75) is 20.0 Å². The van der Waals surface area contributed by atoms with E-state index >= 15 is 0 Å². The van der Waals surface area contributed by atoms with Crippen LogP contribution in [0.2, 0.25) is 0 Å². The summed E-state index contributed by atoms with van der Waals surface area (Å²) in [5, 5.41) is 0.827. The second-order valence-corrected chi connectivity index (χ2v) is 7.34. The molecule has 0 saturated carbocycles. The normalized spacial score (nSPS) is 12.1. The van der Waals surface area contributed by atoms with E-state index in [0.29, 0.717) is 11.5 Å². The molecule has 1 aliphatic rings. The molecule has 144 valence electrons. The third-order valence-electron chi connectivity index (χ3n) is 4.37. The third-order valence-corrected chi connectivity index (χ3v) is 5.56. The van der Waals surface area contributed by atoms with Gasteiger partial charge in [-0.1, -0.05) is 18.2 Å². The molecule has 3 aromatic rings. The number of nitrogens with zero attached hydrogens (tertiary/aromatic N) is 1. The lowest BCUT2D eigenvalue weighted by Gasteiger charge is -2.05. The van der Waals surface area contributed by atoms with Crippen LogP contribution in [-0.4, -0.2) is 24.9 Å². The summed E-state index contributed by atoms with van der Waals surface area (Å²) >= 11 is 1.48. The highest BCUT2D eigenvalue weighted by atomic mass is 32.1. The SMILES string of the molecule is COc1ccccc1-c1nc(C)c(CC(=O)OCc2ccc3c(c2)OCO3)s1. The minimum Gasteiger partial charge on any atom is -0.496 e. The van der Waals surface area contributed by atoms with Crippen LogP contribution < -0.4 is 14.2 Å². The van der Waals surface area contributed by atoms with Crippen molar-refractivity contribution in [1.29, 1.82) is 0 Å². The van der Waals surface area contributed by atoms with Gasteiger partial charge in [-0.25, -0.2) is 4.98 Å². The average molecular weight is 397 g/mol. The van der Waals surface area contributed by atoms with Crippen LogP contribution in [0.4, 0.5) is 0 Å². The first-order valence-corrected chi connectivity index (χ1v) is 9.59. The summed E-state index contributed by atoms with van der Waals surface area (Å²) in [6.07, 6.45) is 0.184. The average Bonchev–Trinajstić information content (AvgIpc) is 3.32. The van der Waals surface area contributed by atoms with Gasteiger partial charge in [-0.15, -0.1) is 11.3 Å². The van der Waals surface area contributed by atoms with E-state index in [-0.39, 0.29) is 25.8 Å². The Balaban J connectivity index is 1.41. The maximum absolute atomic E-state index is 12.3. The molecule has 6 nitrogen and oxygen atoms in total. The van der Waals surface area contributed by atoms with Crippen molar-refractivity contribution in [2.24, 2.45) is 0 Å². The van der Waals surface area contributed by atoms with Crippen molar-refractivity contribution in [3.05, 3.63) is 58.6 Å². The molecule has 2 heterocycles. The first kappa shape index (κ1) is 18.3. The Morgan fingerprint density at radius 2 is 2.00 bits per heavy atom. The maximum atomic E-state index is 12.3. The minimum absolute atomic E-state index is 0.184. The molecule has 0 fully saturated rings. The summed E-state index contributed by atoms with van der Waals surface area (Å²) in [4.78, 5) is 17.8. The molecule has 4 rings (SSSR count). The molecule has 0 spiro atoms. The van der Waals surface area contributed by atoms with Gasteiger partial charge in [0.1, 0.15) is 17.4 Å². The van der Waals surface area contributed by atoms with Gasteiger partial charge < -0.3 is 18.9 Å². The Morgan fingerprint density at radius 1 is 1.18 bits per heavy atom. The second kappa shape index (κ2) is 7.90. The summed E-state index contributed by atoms with van der Waals surface area (Å²) < 4.78 is 21.5. The molecular formula is C21H19NO5S. The molecule has 28 heavy (non-hydrogen) atoms. The van der Waals surface area contributed by atoms with Crippen molar-refractivity contribution in [3.63, 3.8) is 0 Å². The summed E-state index contributed by atoms with van der Waals surface area (Å²) in [6, 6.07) is 13.2. The maximum Gasteiger partial charge on any atom is 0.311 e. The summed E-state index contributed by atoms with van der Waals surface area (Å²) in [5.74, 6) is 1.84. The highest BCUT2D eigenvalue weighted by Gasteiger charge is 2.17. The largest absolute Gasteiger partial charge is 0.496 e. The van der Waals surface area contributed by atoms with Crippen LogP contribution in [0.5, 0.6) is 17.2 Å². The van der Waals surface area contributed by atoms with E-state index in [2.05, 4.69) is 4.98 Å². The zero-order valence-corrected chi connectivity index (χ0v) is 16.4. The quantitative estimate of drug-likeness (QED) is 0.583. The first-order chi connectivity index (χ1) is 13.6. The fraction of sp³-hybridized carbons (Fsp3) is 0.238. The Bertz CT molecular complexity index is 1010. The lowest BCUT2D eigenvalue weighted by molar-refractivity contribution is -0.144. The number of hydrogen-bond acceptors (Lipinski definition) is 7. The number of benzene rings is 2. The molecule has 0 radical (unpaired) electrons. The first-order valence-electron chi connectivity index (χ1n) is 8.78. The van der Waals surface area contributed by atoms with Crippen LogP contribution in [0.3, 0.4) is 0 Å². The van der Waals surface area contributed by atoms with Crippen molar-refractivity contribution >= 4 is 17.3 Å². The van der Waals surface area contributed by atoms with E-state index in [1.54, 1.807) is 7.11 Å². The van der Waals surface area contributed by atoms with Gasteiger partial charge in [0.25, 0.3) is 0 Å². The van der Waals surface area contributed by atoms with Crippen LogP contribution in [0.15, 0.2) is 42.5 Å². The van der Waals surface area contributed by atoms with Crippen LogP contribution >= 0.6 is 11.3 Å². The van der Waals surface area contributed by atoms with E-state index in [1.165, 1.54) is 11.3 Å². The highest BCUT2D eigenvalue weighted by Crippen LogP contribution is 2.35.